The summed E-state index contributed by atoms with van der Waals surface area (Å²) in [4.78, 5) is 12.4. The molecule has 0 aliphatic heterocycles. The fraction of sp³-hybridized carbons (Fsp3) is 0.143. The molecular formula is C21H16BrF3N2O3. The molecule has 0 aromatic heterocycles. The van der Waals surface area contributed by atoms with Crippen LogP contribution in [0.4, 0.5) is 18.9 Å². The van der Waals surface area contributed by atoms with Crippen molar-refractivity contribution in [3.05, 3.63) is 70.2 Å². The lowest BCUT2D eigenvalue weighted by molar-refractivity contribution is -0.137. The van der Waals surface area contributed by atoms with Gasteiger partial charge in [-0.3, -0.25) is 4.79 Å². The number of nitriles is 1. The van der Waals surface area contributed by atoms with Gasteiger partial charge in [0.05, 0.1) is 22.8 Å². The van der Waals surface area contributed by atoms with Gasteiger partial charge in [0.15, 0.2) is 11.5 Å². The number of carbonyl (C=O) groups is 1. The van der Waals surface area contributed by atoms with Crippen LogP contribution in [-0.2, 0) is 11.0 Å². The monoisotopic (exact) mass is 480 g/mol. The lowest BCUT2D eigenvalue weighted by Crippen LogP contribution is -2.17. The second kappa shape index (κ2) is 9.98. The maximum absolute atomic E-state index is 13.1. The number of methoxy groups -OCH3 is 1. The molecular weight excluding hydrogens is 465 g/mol. The lowest BCUT2D eigenvalue weighted by atomic mass is 10.1. The fourth-order valence-corrected chi connectivity index (χ4v) is 3.02. The molecule has 30 heavy (non-hydrogen) atoms. The van der Waals surface area contributed by atoms with E-state index in [1.165, 1.54) is 31.4 Å². The Kier molecular flexibility index (Phi) is 7.66. The second-order valence-corrected chi connectivity index (χ2v) is 6.66. The zero-order chi connectivity index (χ0) is 22.3. The minimum Gasteiger partial charge on any atom is -0.493 e. The van der Waals surface area contributed by atoms with E-state index in [2.05, 4.69) is 27.8 Å². The Bertz CT molecular complexity index is 1030. The first-order valence-corrected chi connectivity index (χ1v) is 9.21. The molecule has 0 heterocycles. The third kappa shape index (κ3) is 5.64. The van der Waals surface area contributed by atoms with Gasteiger partial charge in [0.25, 0.3) is 5.91 Å². The molecule has 0 saturated carbocycles. The van der Waals surface area contributed by atoms with Crippen LogP contribution in [-0.4, -0.2) is 19.6 Å². The number of anilines is 1. The Hall–Kier alpha value is -3.25. The van der Waals surface area contributed by atoms with Crippen molar-refractivity contribution in [2.75, 3.05) is 19.0 Å². The molecule has 0 atom stereocenters. The van der Waals surface area contributed by atoms with Gasteiger partial charge in [-0.2, -0.15) is 18.4 Å². The van der Waals surface area contributed by atoms with Crippen molar-refractivity contribution in [2.24, 2.45) is 0 Å². The highest BCUT2D eigenvalue weighted by Crippen LogP contribution is 2.37. The van der Waals surface area contributed by atoms with E-state index < -0.39 is 23.3 Å². The number of nitrogens with zero attached hydrogens (tertiary/aromatic N) is 1. The van der Waals surface area contributed by atoms with E-state index in [0.717, 1.165) is 12.1 Å². The molecule has 0 spiro atoms. The van der Waals surface area contributed by atoms with Crippen molar-refractivity contribution in [3.63, 3.8) is 0 Å². The number of carbonyl (C=O) groups excluding carboxylic acids is 1. The van der Waals surface area contributed by atoms with Gasteiger partial charge in [0.2, 0.25) is 0 Å². The summed E-state index contributed by atoms with van der Waals surface area (Å²) in [5.74, 6) is -0.245. The highest BCUT2D eigenvalue weighted by Gasteiger charge is 2.33. The number of amides is 1. The molecule has 1 N–H and O–H groups in total. The number of halogens is 4. The van der Waals surface area contributed by atoms with E-state index >= 15 is 0 Å². The zero-order valence-corrected chi connectivity index (χ0v) is 17.3. The van der Waals surface area contributed by atoms with Gasteiger partial charge < -0.3 is 14.8 Å². The van der Waals surface area contributed by atoms with Gasteiger partial charge in [-0.25, -0.2) is 0 Å². The van der Waals surface area contributed by atoms with Crippen LogP contribution < -0.4 is 14.8 Å². The molecule has 2 aromatic carbocycles. The van der Waals surface area contributed by atoms with E-state index in [0.29, 0.717) is 21.5 Å². The highest BCUT2D eigenvalue weighted by atomic mass is 79.9. The van der Waals surface area contributed by atoms with Crippen molar-refractivity contribution < 1.29 is 27.4 Å². The first-order chi connectivity index (χ1) is 14.2. The number of ether oxygens (including phenoxy) is 2. The third-order valence-electron chi connectivity index (χ3n) is 3.75. The third-order valence-corrected chi connectivity index (χ3v) is 4.34. The average Bonchev–Trinajstić information content (AvgIpc) is 2.70. The number of benzene rings is 2. The minimum absolute atomic E-state index is 0.231. The average molecular weight is 481 g/mol. The molecule has 0 fully saturated rings. The van der Waals surface area contributed by atoms with Crippen molar-refractivity contribution in [3.8, 4) is 17.6 Å². The predicted octanol–water partition coefficient (Wildman–Crippen LogP) is 5.59. The molecule has 0 aliphatic rings. The molecule has 9 heteroatoms. The van der Waals surface area contributed by atoms with Crippen LogP contribution in [0, 0.1) is 11.3 Å². The number of nitrogens with one attached hydrogen (secondary N) is 1. The molecule has 0 unspecified atom stereocenters. The van der Waals surface area contributed by atoms with Gasteiger partial charge in [-0.15, -0.1) is 0 Å². The Morgan fingerprint density at radius 2 is 2.03 bits per heavy atom. The van der Waals surface area contributed by atoms with E-state index in [4.69, 9.17) is 9.47 Å². The summed E-state index contributed by atoms with van der Waals surface area (Å²) < 4.78 is 50.6. The number of para-hydroxylation sites is 1. The summed E-state index contributed by atoms with van der Waals surface area (Å²) in [5, 5.41) is 11.5. The molecule has 0 radical (unpaired) electrons. The first-order valence-electron chi connectivity index (χ1n) is 8.41. The van der Waals surface area contributed by atoms with Gasteiger partial charge >= 0.3 is 6.18 Å². The predicted molar refractivity (Wildman–Crippen MR) is 110 cm³/mol. The largest absolute Gasteiger partial charge is 0.493 e. The topological polar surface area (TPSA) is 71.3 Å². The van der Waals surface area contributed by atoms with Gasteiger partial charge in [0.1, 0.15) is 18.2 Å². The van der Waals surface area contributed by atoms with Crippen LogP contribution >= 0.6 is 15.9 Å². The smallest absolute Gasteiger partial charge is 0.418 e. The molecule has 0 saturated heterocycles. The van der Waals surface area contributed by atoms with Crippen LogP contribution in [0.1, 0.15) is 11.1 Å². The van der Waals surface area contributed by atoms with Crippen LogP contribution in [0.15, 0.2) is 59.1 Å². The summed E-state index contributed by atoms with van der Waals surface area (Å²) in [5.41, 5.74) is -1.44. The maximum Gasteiger partial charge on any atom is 0.418 e. The van der Waals surface area contributed by atoms with Gasteiger partial charge in [-0.05, 0) is 51.8 Å². The van der Waals surface area contributed by atoms with E-state index in [1.54, 1.807) is 18.2 Å². The molecule has 156 valence electrons. The highest BCUT2D eigenvalue weighted by molar-refractivity contribution is 9.10. The molecule has 1 amide bonds. The quantitative estimate of drug-likeness (QED) is 0.318. The lowest BCUT2D eigenvalue weighted by Gasteiger charge is -2.14. The van der Waals surface area contributed by atoms with Crippen molar-refractivity contribution in [1.82, 2.24) is 0 Å². The summed E-state index contributed by atoms with van der Waals surface area (Å²) >= 11 is 3.33. The Morgan fingerprint density at radius 1 is 1.33 bits per heavy atom. The number of rotatable bonds is 7. The normalized spacial score (nSPS) is 11.4. The summed E-state index contributed by atoms with van der Waals surface area (Å²) in [6, 6.07) is 9.32. The number of hydrogen-bond acceptors (Lipinski definition) is 4. The van der Waals surface area contributed by atoms with Crippen molar-refractivity contribution >= 4 is 33.6 Å². The summed E-state index contributed by atoms with van der Waals surface area (Å²) in [6.07, 6.45) is -1.87. The van der Waals surface area contributed by atoms with Gasteiger partial charge in [0, 0.05) is 0 Å². The van der Waals surface area contributed by atoms with Crippen molar-refractivity contribution in [1.29, 1.82) is 5.26 Å². The molecule has 2 aromatic rings. The molecule has 5 nitrogen and oxygen atoms in total. The molecule has 0 aliphatic carbocycles. The minimum atomic E-state index is -4.65. The van der Waals surface area contributed by atoms with E-state index in [9.17, 15) is 23.2 Å². The SMILES string of the molecule is C=CCOc1c(Br)cc(/C=C(\C#N)C(=O)Nc2ccccc2C(F)(F)F)cc1OC. The van der Waals surface area contributed by atoms with Crippen LogP contribution in [0.2, 0.25) is 0 Å². The fourth-order valence-electron chi connectivity index (χ4n) is 2.45. The Labute approximate surface area is 179 Å². The van der Waals surface area contributed by atoms with E-state index in [1.807, 2.05) is 0 Å². The first kappa shape index (κ1) is 23.0. The summed E-state index contributed by atoms with van der Waals surface area (Å²) in [7, 11) is 1.42. The number of hydrogen-bond donors (Lipinski definition) is 1. The standard InChI is InChI=1S/C21H16BrF3N2O3/c1-3-8-30-19-16(22)10-13(11-18(19)29-2)9-14(12-26)20(28)27-17-7-5-4-6-15(17)21(23,24)25/h3-7,9-11H,1,8H2,2H3,(H,27,28)/b14-9+. The maximum atomic E-state index is 13.1. The van der Waals surface area contributed by atoms with E-state index in [-0.39, 0.29) is 12.2 Å². The van der Waals surface area contributed by atoms with Crippen LogP contribution in [0.25, 0.3) is 6.08 Å². The van der Waals surface area contributed by atoms with Crippen LogP contribution in [0.5, 0.6) is 11.5 Å². The zero-order valence-electron chi connectivity index (χ0n) is 15.7. The second-order valence-electron chi connectivity index (χ2n) is 5.80. The molecule has 0 bridgehead atoms. The van der Waals surface area contributed by atoms with Crippen LogP contribution in [0.3, 0.4) is 0 Å². The van der Waals surface area contributed by atoms with Gasteiger partial charge in [-0.1, -0.05) is 24.8 Å². The number of alkyl halides is 3. The summed E-state index contributed by atoms with van der Waals surface area (Å²) in [6.45, 7) is 3.79. The Balaban J connectivity index is 2.37. The Morgan fingerprint density at radius 3 is 2.63 bits per heavy atom. The molecule has 2 rings (SSSR count). The van der Waals surface area contributed by atoms with Crippen molar-refractivity contribution in [2.45, 2.75) is 6.18 Å².